The number of hydrogen-bond donors (Lipinski definition) is 1. The summed E-state index contributed by atoms with van der Waals surface area (Å²) in [6.07, 6.45) is 5.02. The highest BCUT2D eigenvalue weighted by Gasteiger charge is 2.28. The molecule has 1 fully saturated rings. The Hall–Kier alpha value is -3.67. The molecule has 1 aliphatic heterocycles. The maximum atomic E-state index is 13.5. The topological polar surface area (TPSA) is 71.4 Å². The zero-order valence-corrected chi connectivity index (χ0v) is 19.7. The van der Waals surface area contributed by atoms with Crippen molar-refractivity contribution in [2.45, 2.75) is 45.2 Å². The van der Waals surface area contributed by atoms with Gasteiger partial charge < -0.3 is 14.8 Å². The van der Waals surface area contributed by atoms with Crippen LogP contribution in [0.2, 0.25) is 0 Å². The Morgan fingerprint density at radius 2 is 1.62 bits per heavy atom. The first-order valence-electron chi connectivity index (χ1n) is 11.9. The highest BCUT2D eigenvalue weighted by molar-refractivity contribution is 5.99. The average molecular weight is 458 g/mol. The third-order valence-electron chi connectivity index (χ3n) is 6.39. The van der Waals surface area contributed by atoms with E-state index in [-0.39, 0.29) is 29.0 Å². The van der Waals surface area contributed by atoms with Crippen LogP contribution in [-0.2, 0) is 6.54 Å². The highest BCUT2D eigenvalue weighted by Crippen LogP contribution is 2.27. The molecule has 2 amide bonds. The van der Waals surface area contributed by atoms with Crippen LogP contribution in [0.25, 0.3) is 0 Å². The van der Waals surface area contributed by atoms with Gasteiger partial charge in [0.1, 0.15) is 11.1 Å². The number of benzene rings is 2. The van der Waals surface area contributed by atoms with Crippen molar-refractivity contribution in [2.24, 2.45) is 0 Å². The van der Waals surface area contributed by atoms with Crippen LogP contribution in [0, 0.1) is 0 Å². The van der Waals surface area contributed by atoms with E-state index in [1.54, 1.807) is 21.9 Å². The molecular formula is C28H31N3O3. The molecule has 176 valence electrons. The number of carbonyl (C=O) groups excluding carboxylic acids is 2. The molecule has 34 heavy (non-hydrogen) atoms. The van der Waals surface area contributed by atoms with Gasteiger partial charge >= 0.3 is 0 Å². The lowest BCUT2D eigenvalue weighted by Gasteiger charge is -2.33. The van der Waals surface area contributed by atoms with Crippen molar-refractivity contribution in [1.82, 2.24) is 14.8 Å². The fourth-order valence-electron chi connectivity index (χ4n) is 4.41. The zero-order valence-electron chi connectivity index (χ0n) is 19.7. The number of nitrogens with one attached hydrogen (secondary N) is 1. The van der Waals surface area contributed by atoms with Crippen LogP contribution in [-0.4, -0.2) is 34.4 Å². The van der Waals surface area contributed by atoms with Crippen molar-refractivity contribution in [3.63, 3.8) is 0 Å². The van der Waals surface area contributed by atoms with Crippen LogP contribution >= 0.6 is 0 Å². The quantitative estimate of drug-likeness (QED) is 0.597. The predicted octanol–water partition coefficient (Wildman–Crippen LogP) is 4.38. The minimum atomic E-state index is -0.519. The summed E-state index contributed by atoms with van der Waals surface area (Å²) in [4.78, 5) is 41.5. The van der Waals surface area contributed by atoms with Gasteiger partial charge in [-0.3, -0.25) is 14.4 Å². The van der Waals surface area contributed by atoms with Crippen molar-refractivity contribution in [3.05, 3.63) is 106 Å². The second kappa shape index (κ2) is 10.5. The van der Waals surface area contributed by atoms with Crippen LogP contribution in [0.5, 0.6) is 0 Å². The van der Waals surface area contributed by atoms with Crippen LogP contribution < -0.4 is 10.7 Å². The summed E-state index contributed by atoms with van der Waals surface area (Å²) in [7, 11) is 0. The first-order chi connectivity index (χ1) is 16.4. The number of pyridine rings is 1. The van der Waals surface area contributed by atoms with Gasteiger partial charge in [0.15, 0.2) is 0 Å². The van der Waals surface area contributed by atoms with Crippen molar-refractivity contribution in [3.8, 4) is 0 Å². The van der Waals surface area contributed by atoms with Gasteiger partial charge in [0.05, 0.1) is 0 Å². The fraction of sp³-hybridized carbons (Fsp3) is 0.321. The lowest BCUT2D eigenvalue weighted by atomic mass is 9.90. The number of nitrogens with zero attached hydrogens (tertiary/aromatic N) is 2. The van der Waals surface area contributed by atoms with Crippen molar-refractivity contribution >= 4 is 11.8 Å². The molecule has 1 N–H and O–H groups in total. The standard InChI is InChI=1S/C28H31N3O3/c1-20(2)31-18-24(27(33)29-16-21-10-5-3-6-11-21)26(32)25(19-31)28(34)30-15-9-14-23(17-30)22-12-7-4-8-13-22/h3-8,10-13,18-20,23H,9,14-17H2,1-2H3,(H,29,33). The molecule has 1 atom stereocenters. The van der Waals surface area contributed by atoms with Crippen molar-refractivity contribution in [2.75, 3.05) is 13.1 Å². The number of aromatic nitrogens is 1. The molecule has 0 aliphatic carbocycles. The SMILES string of the molecule is CC(C)n1cc(C(=O)NCc2ccccc2)c(=O)c(C(=O)N2CCCC(c3ccccc3)C2)c1. The van der Waals surface area contributed by atoms with E-state index in [1.165, 1.54) is 5.56 Å². The molecule has 2 heterocycles. The number of carbonyl (C=O) groups is 2. The van der Waals surface area contributed by atoms with Crippen LogP contribution in [0.15, 0.2) is 77.9 Å². The maximum Gasteiger partial charge on any atom is 0.259 e. The van der Waals surface area contributed by atoms with Crippen molar-refractivity contribution < 1.29 is 9.59 Å². The van der Waals surface area contributed by atoms with Gasteiger partial charge in [-0.2, -0.15) is 0 Å². The normalized spacial score (nSPS) is 15.9. The van der Waals surface area contributed by atoms with E-state index in [2.05, 4.69) is 17.4 Å². The fourth-order valence-corrected chi connectivity index (χ4v) is 4.41. The Balaban J connectivity index is 1.59. The van der Waals surface area contributed by atoms with E-state index < -0.39 is 11.3 Å². The molecular weight excluding hydrogens is 426 g/mol. The first-order valence-corrected chi connectivity index (χ1v) is 11.9. The molecule has 4 rings (SSSR count). The molecule has 3 aromatic rings. The number of likely N-dealkylation sites (tertiary alicyclic amines) is 1. The molecule has 0 radical (unpaired) electrons. The molecule has 6 heteroatoms. The van der Waals surface area contributed by atoms with Gasteiger partial charge in [-0.15, -0.1) is 0 Å². The molecule has 2 aromatic carbocycles. The number of rotatable bonds is 6. The summed E-state index contributed by atoms with van der Waals surface area (Å²) in [5, 5.41) is 2.82. The summed E-state index contributed by atoms with van der Waals surface area (Å²) >= 11 is 0. The number of piperidine rings is 1. The van der Waals surface area contributed by atoms with Gasteiger partial charge in [0.2, 0.25) is 5.43 Å². The Morgan fingerprint density at radius 3 is 2.29 bits per heavy atom. The van der Waals surface area contributed by atoms with Crippen LogP contribution in [0.4, 0.5) is 0 Å². The van der Waals surface area contributed by atoms with Gasteiger partial charge in [-0.05, 0) is 37.8 Å². The average Bonchev–Trinajstić information content (AvgIpc) is 2.88. The first kappa shape index (κ1) is 23.5. The Morgan fingerprint density at radius 1 is 0.971 bits per heavy atom. The van der Waals surface area contributed by atoms with Gasteiger partial charge in [-0.1, -0.05) is 60.7 Å². The van der Waals surface area contributed by atoms with Gasteiger partial charge in [0, 0.05) is 44.0 Å². The monoisotopic (exact) mass is 457 g/mol. The summed E-state index contributed by atoms with van der Waals surface area (Å²) in [6.45, 7) is 5.39. The molecule has 1 saturated heterocycles. The van der Waals surface area contributed by atoms with Gasteiger partial charge in [-0.25, -0.2) is 0 Å². The molecule has 1 aliphatic rings. The predicted molar refractivity (Wildman–Crippen MR) is 133 cm³/mol. The summed E-state index contributed by atoms with van der Waals surface area (Å²) in [6, 6.07) is 19.7. The molecule has 1 unspecified atom stereocenters. The Kier molecular flexibility index (Phi) is 7.26. The molecule has 0 saturated carbocycles. The minimum Gasteiger partial charge on any atom is -0.350 e. The second-order valence-electron chi connectivity index (χ2n) is 9.12. The molecule has 6 nitrogen and oxygen atoms in total. The molecule has 0 bridgehead atoms. The van der Waals surface area contributed by atoms with Crippen LogP contribution in [0.3, 0.4) is 0 Å². The number of amides is 2. The summed E-state index contributed by atoms with van der Waals surface area (Å²) in [5.74, 6) is -0.542. The lowest BCUT2D eigenvalue weighted by molar-refractivity contribution is 0.0704. The van der Waals surface area contributed by atoms with E-state index in [9.17, 15) is 14.4 Å². The summed E-state index contributed by atoms with van der Waals surface area (Å²) < 4.78 is 1.77. The highest BCUT2D eigenvalue weighted by atomic mass is 16.2. The van der Waals surface area contributed by atoms with Gasteiger partial charge in [0.25, 0.3) is 11.8 Å². The Bertz CT molecular complexity index is 1200. The van der Waals surface area contributed by atoms with Crippen molar-refractivity contribution in [1.29, 1.82) is 0 Å². The largest absolute Gasteiger partial charge is 0.350 e. The van der Waals surface area contributed by atoms with E-state index >= 15 is 0 Å². The van der Waals surface area contributed by atoms with E-state index in [0.717, 1.165) is 18.4 Å². The Labute approximate surface area is 200 Å². The number of hydrogen-bond acceptors (Lipinski definition) is 3. The maximum absolute atomic E-state index is 13.5. The smallest absolute Gasteiger partial charge is 0.259 e. The molecule has 0 spiro atoms. The lowest BCUT2D eigenvalue weighted by Crippen LogP contribution is -2.42. The van der Waals surface area contributed by atoms with E-state index in [0.29, 0.717) is 19.6 Å². The van der Waals surface area contributed by atoms with E-state index in [4.69, 9.17) is 0 Å². The third kappa shape index (κ3) is 5.28. The van der Waals surface area contributed by atoms with E-state index in [1.807, 2.05) is 62.4 Å². The zero-order chi connectivity index (χ0) is 24.1. The minimum absolute atomic E-state index is 0.00731. The van der Waals surface area contributed by atoms with Crippen LogP contribution in [0.1, 0.15) is 70.5 Å². The summed E-state index contributed by atoms with van der Waals surface area (Å²) in [5.41, 5.74) is 1.66. The third-order valence-corrected chi connectivity index (χ3v) is 6.39. The molecule has 1 aromatic heterocycles. The second-order valence-corrected chi connectivity index (χ2v) is 9.12.